The molecule has 1 aliphatic heterocycles. The molecule has 1 unspecified atom stereocenters. The van der Waals surface area contributed by atoms with E-state index in [0.717, 1.165) is 12.8 Å². The van der Waals surface area contributed by atoms with Gasteiger partial charge in [-0.15, -0.1) is 0 Å². The maximum Gasteiger partial charge on any atom is 0.282 e. The minimum absolute atomic E-state index is 0.0463. The summed E-state index contributed by atoms with van der Waals surface area (Å²) < 4.78 is 32.0. The second-order valence-corrected chi connectivity index (χ2v) is 5.95. The van der Waals surface area contributed by atoms with Crippen molar-refractivity contribution >= 4 is 10.2 Å². The number of ether oxygens (including phenoxy) is 1. The predicted octanol–water partition coefficient (Wildman–Crippen LogP) is -0.767. The molecule has 0 aromatic heterocycles. The van der Waals surface area contributed by atoms with Crippen molar-refractivity contribution in [2.24, 2.45) is 5.73 Å². The molecule has 0 aromatic rings. The first-order chi connectivity index (χ1) is 7.54. The lowest BCUT2D eigenvalue weighted by molar-refractivity contribution is 0.182. The molecule has 96 valence electrons. The van der Waals surface area contributed by atoms with Crippen molar-refractivity contribution in [3.8, 4) is 0 Å². The number of methoxy groups -OCH3 is 1. The third kappa shape index (κ3) is 2.92. The number of nitrogens with two attached hydrogens (primary N) is 1. The fraction of sp³-hybridized carbons (Fsp3) is 1.00. The van der Waals surface area contributed by atoms with E-state index in [4.69, 9.17) is 10.5 Å². The second-order valence-electron chi connectivity index (χ2n) is 3.96. The van der Waals surface area contributed by atoms with Gasteiger partial charge < -0.3 is 10.5 Å². The van der Waals surface area contributed by atoms with Crippen molar-refractivity contribution in [2.45, 2.75) is 18.9 Å². The summed E-state index contributed by atoms with van der Waals surface area (Å²) in [5.41, 5.74) is 5.57. The Morgan fingerprint density at radius 2 is 2.25 bits per heavy atom. The van der Waals surface area contributed by atoms with Crippen LogP contribution in [0.4, 0.5) is 0 Å². The molecule has 2 N–H and O–H groups in total. The van der Waals surface area contributed by atoms with E-state index in [0.29, 0.717) is 26.2 Å². The van der Waals surface area contributed by atoms with Crippen LogP contribution in [0.3, 0.4) is 0 Å². The lowest BCUT2D eigenvalue weighted by atomic mass is 10.2. The van der Waals surface area contributed by atoms with Crippen LogP contribution in [-0.4, -0.2) is 63.5 Å². The third-order valence-electron chi connectivity index (χ3n) is 2.90. The number of rotatable bonds is 6. The molecule has 0 spiro atoms. The zero-order valence-corrected chi connectivity index (χ0v) is 10.7. The topological polar surface area (TPSA) is 75.9 Å². The Morgan fingerprint density at radius 1 is 1.56 bits per heavy atom. The van der Waals surface area contributed by atoms with Crippen LogP contribution in [0, 0.1) is 0 Å². The maximum atomic E-state index is 12.1. The van der Waals surface area contributed by atoms with E-state index in [2.05, 4.69) is 0 Å². The van der Waals surface area contributed by atoms with Gasteiger partial charge in [0.05, 0.1) is 6.61 Å². The Labute approximate surface area is 97.5 Å². The summed E-state index contributed by atoms with van der Waals surface area (Å²) in [5, 5.41) is 0. The smallest absolute Gasteiger partial charge is 0.282 e. The van der Waals surface area contributed by atoms with Crippen LogP contribution in [0.15, 0.2) is 0 Å². The Hall–Kier alpha value is -0.210. The van der Waals surface area contributed by atoms with E-state index in [9.17, 15) is 8.42 Å². The van der Waals surface area contributed by atoms with Crippen LogP contribution in [-0.2, 0) is 14.9 Å². The molecule has 0 amide bonds. The minimum Gasteiger partial charge on any atom is -0.383 e. The average molecular weight is 251 g/mol. The van der Waals surface area contributed by atoms with Crippen molar-refractivity contribution in [1.29, 1.82) is 0 Å². The number of likely N-dealkylation sites (N-methyl/N-ethyl adjacent to an activating group) is 1. The monoisotopic (exact) mass is 251 g/mol. The molecule has 0 radical (unpaired) electrons. The highest BCUT2D eigenvalue weighted by Crippen LogP contribution is 2.21. The van der Waals surface area contributed by atoms with E-state index >= 15 is 0 Å². The van der Waals surface area contributed by atoms with E-state index in [1.165, 1.54) is 8.61 Å². The van der Waals surface area contributed by atoms with Gasteiger partial charge in [0.15, 0.2) is 0 Å². The van der Waals surface area contributed by atoms with Gasteiger partial charge in [-0.25, -0.2) is 0 Å². The molecule has 1 atom stereocenters. The van der Waals surface area contributed by atoms with Gasteiger partial charge in [0.25, 0.3) is 10.2 Å². The first kappa shape index (κ1) is 13.9. The summed E-state index contributed by atoms with van der Waals surface area (Å²) in [7, 11) is -0.241. The third-order valence-corrected chi connectivity index (χ3v) is 4.94. The molecule has 0 bridgehead atoms. The summed E-state index contributed by atoms with van der Waals surface area (Å²) in [6.07, 6.45) is 1.74. The van der Waals surface area contributed by atoms with Crippen LogP contribution in [0.5, 0.6) is 0 Å². The minimum atomic E-state index is -3.37. The van der Waals surface area contributed by atoms with Crippen molar-refractivity contribution < 1.29 is 13.2 Å². The van der Waals surface area contributed by atoms with Gasteiger partial charge >= 0.3 is 0 Å². The highest BCUT2D eigenvalue weighted by molar-refractivity contribution is 7.86. The fourth-order valence-corrected chi connectivity index (χ4v) is 3.45. The summed E-state index contributed by atoms with van der Waals surface area (Å²) in [4.78, 5) is 0. The molecule has 7 heteroatoms. The molecule has 1 heterocycles. The zero-order valence-electron chi connectivity index (χ0n) is 9.92. The average Bonchev–Trinajstić information content (AvgIpc) is 2.74. The quantitative estimate of drug-likeness (QED) is 0.673. The second kappa shape index (κ2) is 5.92. The molecular formula is C9H21N3O3S. The van der Waals surface area contributed by atoms with Crippen molar-refractivity contribution in [2.75, 3.05) is 40.4 Å². The van der Waals surface area contributed by atoms with E-state index in [1.54, 1.807) is 14.2 Å². The fourth-order valence-electron chi connectivity index (χ4n) is 1.86. The molecular weight excluding hydrogens is 230 g/mol. The zero-order chi connectivity index (χ0) is 12.2. The first-order valence-corrected chi connectivity index (χ1v) is 6.85. The number of hydrogen-bond donors (Lipinski definition) is 1. The summed E-state index contributed by atoms with van der Waals surface area (Å²) in [6, 6.07) is -0.0463. The van der Waals surface area contributed by atoms with Crippen molar-refractivity contribution in [3.05, 3.63) is 0 Å². The lowest BCUT2D eigenvalue weighted by Gasteiger charge is -2.27. The van der Waals surface area contributed by atoms with Gasteiger partial charge in [0, 0.05) is 39.8 Å². The molecule has 1 rings (SSSR count). The first-order valence-electron chi connectivity index (χ1n) is 5.46. The summed E-state index contributed by atoms with van der Waals surface area (Å²) >= 11 is 0. The van der Waals surface area contributed by atoms with Crippen LogP contribution in [0.2, 0.25) is 0 Å². The molecule has 6 nitrogen and oxygen atoms in total. The van der Waals surface area contributed by atoms with E-state index in [-0.39, 0.29) is 6.04 Å². The lowest BCUT2D eigenvalue weighted by Crippen LogP contribution is -2.47. The van der Waals surface area contributed by atoms with Crippen LogP contribution in [0.25, 0.3) is 0 Å². The van der Waals surface area contributed by atoms with Crippen LogP contribution < -0.4 is 5.73 Å². The molecule has 0 aliphatic carbocycles. The number of nitrogens with zero attached hydrogens (tertiary/aromatic N) is 2. The van der Waals surface area contributed by atoms with Crippen LogP contribution >= 0.6 is 0 Å². The Balaban J connectivity index is 2.68. The SMILES string of the molecule is COCCN(C)S(=O)(=O)N1CCCC1CN. The molecule has 1 saturated heterocycles. The Kier molecular flexibility index (Phi) is 5.13. The standard InChI is InChI=1S/C9H21N3O3S/c1-11(6-7-15-2)16(13,14)12-5-3-4-9(12)8-10/h9H,3-8,10H2,1-2H3. The van der Waals surface area contributed by atoms with Gasteiger partial charge in [0.2, 0.25) is 0 Å². The van der Waals surface area contributed by atoms with Gasteiger partial charge in [-0.05, 0) is 12.8 Å². The highest BCUT2D eigenvalue weighted by Gasteiger charge is 2.35. The maximum absolute atomic E-state index is 12.1. The molecule has 1 aliphatic rings. The summed E-state index contributed by atoms with van der Waals surface area (Å²) in [6.45, 7) is 1.72. The van der Waals surface area contributed by atoms with Gasteiger partial charge in [-0.1, -0.05) is 0 Å². The summed E-state index contributed by atoms with van der Waals surface area (Å²) in [5.74, 6) is 0. The van der Waals surface area contributed by atoms with Gasteiger partial charge in [-0.3, -0.25) is 0 Å². The van der Waals surface area contributed by atoms with Crippen LogP contribution in [0.1, 0.15) is 12.8 Å². The van der Waals surface area contributed by atoms with E-state index < -0.39 is 10.2 Å². The molecule has 0 saturated carbocycles. The Morgan fingerprint density at radius 3 is 2.81 bits per heavy atom. The Bertz CT molecular complexity index is 307. The molecule has 16 heavy (non-hydrogen) atoms. The highest BCUT2D eigenvalue weighted by atomic mass is 32.2. The van der Waals surface area contributed by atoms with E-state index in [1.807, 2.05) is 0 Å². The van der Waals surface area contributed by atoms with Gasteiger partial charge in [-0.2, -0.15) is 17.0 Å². The molecule has 0 aromatic carbocycles. The predicted molar refractivity (Wildman–Crippen MR) is 62.2 cm³/mol. The van der Waals surface area contributed by atoms with Crippen molar-refractivity contribution in [3.63, 3.8) is 0 Å². The number of hydrogen-bond acceptors (Lipinski definition) is 4. The normalized spacial score (nSPS) is 23.1. The largest absolute Gasteiger partial charge is 0.383 e. The van der Waals surface area contributed by atoms with Gasteiger partial charge in [0.1, 0.15) is 0 Å². The molecule has 1 fully saturated rings. The van der Waals surface area contributed by atoms with Crippen molar-refractivity contribution in [1.82, 2.24) is 8.61 Å².